The first kappa shape index (κ1) is 19.0. The monoisotopic (exact) mass is 410 g/mol. The van der Waals surface area contributed by atoms with E-state index in [4.69, 9.17) is 16.3 Å². The van der Waals surface area contributed by atoms with Gasteiger partial charge in [-0.25, -0.2) is 9.67 Å². The van der Waals surface area contributed by atoms with Crippen LogP contribution in [0, 0.1) is 11.3 Å². The van der Waals surface area contributed by atoms with Gasteiger partial charge in [-0.2, -0.15) is 10.4 Å². The lowest BCUT2D eigenvalue weighted by molar-refractivity contribution is -0.132. The Labute approximate surface area is 172 Å². The van der Waals surface area contributed by atoms with E-state index in [0.717, 1.165) is 5.69 Å². The lowest BCUT2D eigenvalue weighted by Crippen LogP contribution is -2.49. The highest BCUT2D eigenvalue weighted by molar-refractivity contribution is 6.32. The molecule has 0 aliphatic carbocycles. The van der Waals surface area contributed by atoms with Crippen LogP contribution >= 0.6 is 11.6 Å². The van der Waals surface area contributed by atoms with Gasteiger partial charge in [-0.15, -0.1) is 0 Å². The fourth-order valence-corrected chi connectivity index (χ4v) is 3.68. The van der Waals surface area contributed by atoms with Crippen LogP contribution in [0.4, 0.5) is 5.69 Å². The lowest BCUT2D eigenvalue weighted by Gasteiger charge is -2.36. The number of aromatic nitrogens is 3. The van der Waals surface area contributed by atoms with Crippen molar-refractivity contribution in [3.05, 3.63) is 47.2 Å². The number of piperazine rings is 1. The lowest BCUT2D eigenvalue weighted by atomic mass is 10.2. The molecule has 1 amide bonds. The van der Waals surface area contributed by atoms with Gasteiger partial charge >= 0.3 is 0 Å². The highest BCUT2D eigenvalue weighted by atomic mass is 35.5. The Morgan fingerprint density at radius 2 is 2.07 bits per heavy atom. The second kappa shape index (κ2) is 7.97. The number of ether oxygens (including phenoxy) is 1. The summed E-state index contributed by atoms with van der Waals surface area (Å²) in [4.78, 5) is 21.1. The summed E-state index contributed by atoms with van der Waals surface area (Å²) in [7, 11) is 1.59. The Morgan fingerprint density at radius 3 is 2.79 bits per heavy atom. The van der Waals surface area contributed by atoms with E-state index < -0.39 is 0 Å². The predicted octanol–water partition coefficient (Wildman–Crippen LogP) is 2.31. The molecule has 4 rings (SSSR count). The minimum atomic E-state index is -0.0436. The van der Waals surface area contributed by atoms with E-state index >= 15 is 0 Å². The molecule has 1 aliphatic rings. The molecule has 1 fully saturated rings. The molecule has 3 heterocycles. The number of amides is 1. The first-order valence-corrected chi connectivity index (χ1v) is 9.56. The number of hydrogen-bond acceptors (Lipinski definition) is 6. The van der Waals surface area contributed by atoms with Crippen LogP contribution in [0.15, 0.2) is 36.5 Å². The number of carbonyl (C=O) groups excluding carboxylic acids is 1. The average molecular weight is 411 g/mol. The fourth-order valence-electron chi connectivity index (χ4n) is 3.49. The number of carbonyl (C=O) groups is 1. The van der Waals surface area contributed by atoms with Gasteiger partial charge in [-0.05, 0) is 24.3 Å². The Bertz CT molecular complexity index is 1100. The van der Waals surface area contributed by atoms with Gasteiger partial charge in [0.05, 0.1) is 17.5 Å². The van der Waals surface area contributed by atoms with Crippen molar-refractivity contribution in [1.82, 2.24) is 19.7 Å². The molecule has 9 heteroatoms. The summed E-state index contributed by atoms with van der Waals surface area (Å²) in [5, 5.41) is 14.7. The van der Waals surface area contributed by atoms with Crippen LogP contribution in [0.25, 0.3) is 11.0 Å². The molecule has 2 aromatic heterocycles. The van der Waals surface area contributed by atoms with Crippen molar-refractivity contribution >= 4 is 34.2 Å². The van der Waals surface area contributed by atoms with E-state index in [-0.39, 0.29) is 18.1 Å². The number of methoxy groups -OCH3 is 1. The number of benzene rings is 1. The highest BCUT2D eigenvalue weighted by Crippen LogP contribution is 2.29. The zero-order chi connectivity index (χ0) is 20.4. The summed E-state index contributed by atoms with van der Waals surface area (Å²) in [5.74, 6) is 0.590. The smallest absolute Gasteiger partial charge is 0.244 e. The second-order valence-corrected chi connectivity index (χ2v) is 7.09. The van der Waals surface area contributed by atoms with Crippen LogP contribution in [0.1, 0.15) is 5.69 Å². The molecule has 148 valence electrons. The molecule has 0 saturated carbocycles. The molecule has 0 unspecified atom stereocenters. The molecule has 1 aromatic carbocycles. The molecular weight excluding hydrogens is 392 g/mol. The van der Waals surface area contributed by atoms with Crippen molar-refractivity contribution in [2.45, 2.75) is 6.54 Å². The SMILES string of the molecule is COc1cc(N2CCN(C(=O)Cn3nc(C#N)c4cccnc43)CC2)ccc1Cl. The number of hydrogen-bond donors (Lipinski definition) is 0. The molecular formula is C20H19ClN6O2. The summed E-state index contributed by atoms with van der Waals surface area (Å²) in [6, 6.07) is 11.3. The Hall–Kier alpha value is -3.31. The molecule has 3 aromatic rings. The number of anilines is 1. The highest BCUT2D eigenvalue weighted by Gasteiger charge is 2.23. The van der Waals surface area contributed by atoms with Crippen molar-refractivity contribution in [2.24, 2.45) is 0 Å². The third kappa shape index (κ3) is 3.69. The molecule has 0 radical (unpaired) electrons. The van der Waals surface area contributed by atoms with E-state index in [1.807, 2.05) is 23.1 Å². The maximum absolute atomic E-state index is 12.8. The van der Waals surface area contributed by atoms with Gasteiger partial charge in [0.2, 0.25) is 5.91 Å². The standard InChI is InChI=1S/C20H19ClN6O2/c1-29-18-11-14(4-5-16(18)21)25-7-9-26(10-8-25)19(28)13-27-20-15(3-2-6-23-20)17(12-22)24-27/h2-6,11H,7-10,13H2,1H3. The minimum absolute atomic E-state index is 0.0436. The number of halogens is 1. The van der Waals surface area contributed by atoms with Crippen molar-refractivity contribution < 1.29 is 9.53 Å². The van der Waals surface area contributed by atoms with Gasteiger partial charge in [0.15, 0.2) is 11.3 Å². The van der Waals surface area contributed by atoms with Crippen LogP contribution in [0.5, 0.6) is 5.75 Å². The van der Waals surface area contributed by atoms with Gasteiger partial charge in [0.25, 0.3) is 0 Å². The molecule has 1 aliphatic heterocycles. The molecule has 29 heavy (non-hydrogen) atoms. The third-order valence-electron chi connectivity index (χ3n) is 5.03. The number of nitriles is 1. The zero-order valence-electron chi connectivity index (χ0n) is 15.9. The third-order valence-corrected chi connectivity index (χ3v) is 5.34. The van der Waals surface area contributed by atoms with Gasteiger partial charge < -0.3 is 14.5 Å². The Kier molecular flexibility index (Phi) is 5.23. The molecule has 8 nitrogen and oxygen atoms in total. The van der Waals surface area contributed by atoms with E-state index in [1.165, 1.54) is 4.68 Å². The van der Waals surface area contributed by atoms with Crippen LogP contribution < -0.4 is 9.64 Å². The maximum atomic E-state index is 12.8. The predicted molar refractivity (Wildman–Crippen MR) is 109 cm³/mol. The topological polar surface area (TPSA) is 87.3 Å². The summed E-state index contributed by atoms with van der Waals surface area (Å²) in [5.41, 5.74) is 1.84. The van der Waals surface area contributed by atoms with Gasteiger partial charge in [-0.1, -0.05) is 11.6 Å². The van der Waals surface area contributed by atoms with E-state index in [0.29, 0.717) is 48.0 Å². The summed E-state index contributed by atoms with van der Waals surface area (Å²) in [6.07, 6.45) is 1.63. The summed E-state index contributed by atoms with van der Waals surface area (Å²) in [6.45, 7) is 2.67. The summed E-state index contributed by atoms with van der Waals surface area (Å²) < 4.78 is 6.79. The number of pyridine rings is 1. The molecule has 0 bridgehead atoms. The Balaban J connectivity index is 1.43. The van der Waals surface area contributed by atoms with Crippen molar-refractivity contribution in [3.63, 3.8) is 0 Å². The van der Waals surface area contributed by atoms with Crippen molar-refractivity contribution in [2.75, 3.05) is 38.2 Å². The van der Waals surface area contributed by atoms with Crippen molar-refractivity contribution in [3.8, 4) is 11.8 Å². The van der Waals surface area contributed by atoms with E-state index in [9.17, 15) is 10.1 Å². The molecule has 1 saturated heterocycles. The minimum Gasteiger partial charge on any atom is -0.495 e. The first-order chi connectivity index (χ1) is 14.1. The van der Waals surface area contributed by atoms with Gasteiger partial charge in [0.1, 0.15) is 18.4 Å². The molecule has 0 spiro atoms. The van der Waals surface area contributed by atoms with Crippen LogP contribution in [0.2, 0.25) is 5.02 Å². The average Bonchev–Trinajstić information content (AvgIpc) is 3.12. The molecule has 0 atom stereocenters. The van der Waals surface area contributed by atoms with Crippen LogP contribution in [0.3, 0.4) is 0 Å². The van der Waals surface area contributed by atoms with Crippen LogP contribution in [-0.2, 0) is 11.3 Å². The normalized spacial score (nSPS) is 14.1. The fraction of sp³-hybridized carbons (Fsp3) is 0.300. The van der Waals surface area contributed by atoms with Crippen molar-refractivity contribution in [1.29, 1.82) is 5.26 Å². The molecule has 0 N–H and O–H groups in total. The van der Waals surface area contributed by atoms with Gasteiger partial charge in [0, 0.05) is 44.1 Å². The number of rotatable bonds is 4. The zero-order valence-corrected chi connectivity index (χ0v) is 16.6. The quantitative estimate of drug-likeness (QED) is 0.656. The van der Waals surface area contributed by atoms with Crippen LogP contribution in [-0.4, -0.2) is 58.9 Å². The number of fused-ring (bicyclic) bond motifs is 1. The van der Waals surface area contributed by atoms with Gasteiger partial charge in [-0.3, -0.25) is 4.79 Å². The second-order valence-electron chi connectivity index (χ2n) is 6.68. The number of nitrogens with zero attached hydrogens (tertiary/aromatic N) is 6. The summed E-state index contributed by atoms with van der Waals surface area (Å²) >= 11 is 6.10. The maximum Gasteiger partial charge on any atom is 0.244 e. The van der Waals surface area contributed by atoms with E-state index in [2.05, 4.69) is 21.1 Å². The van der Waals surface area contributed by atoms with E-state index in [1.54, 1.807) is 25.4 Å². The largest absolute Gasteiger partial charge is 0.495 e. The first-order valence-electron chi connectivity index (χ1n) is 9.18. The Morgan fingerprint density at radius 1 is 1.28 bits per heavy atom.